The Balaban J connectivity index is 1.91. The van der Waals surface area contributed by atoms with Crippen molar-refractivity contribution in [1.82, 2.24) is 14.7 Å². The van der Waals surface area contributed by atoms with Gasteiger partial charge in [-0.05, 0) is 31.9 Å². The van der Waals surface area contributed by atoms with Gasteiger partial charge in [-0.15, -0.1) is 0 Å². The smallest absolute Gasteiger partial charge is 0.274 e. The molecule has 0 aliphatic carbocycles. The highest BCUT2D eigenvalue weighted by molar-refractivity contribution is 6.33. The number of rotatable bonds is 3. The topological polar surface area (TPSA) is 51.3 Å². The first-order chi connectivity index (χ1) is 9.72. The van der Waals surface area contributed by atoms with Crippen LogP contribution in [-0.4, -0.2) is 27.1 Å². The first-order valence-electron chi connectivity index (χ1n) is 6.78. The molecule has 20 heavy (non-hydrogen) atoms. The van der Waals surface area contributed by atoms with Gasteiger partial charge in [0.15, 0.2) is 0 Å². The van der Waals surface area contributed by atoms with E-state index in [1.54, 1.807) is 10.9 Å². The maximum atomic E-state index is 12.8. The summed E-state index contributed by atoms with van der Waals surface area (Å²) in [6.07, 6.45) is 5.04. The van der Waals surface area contributed by atoms with Gasteiger partial charge in [0.2, 0.25) is 0 Å². The highest BCUT2D eigenvalue weighted by Crippen LogP contribution is 2.34. The number of nitrogens with zero attached hydrogens (tertiary/aromatic N) is 3. The van der Waals surface area contributed by atoms with Gasteiger partial charge >= 0.3 is 0 Å². The van der Waals surface area contributed by atoms with Gasteiger partial charge in [-0.2, -0.15) is 5.10 Å². The second-order valence-corrected chi connectivity index (χ2v) is 5.24. The van der Waals surface area contributed by atoms with Gasteiger partial charge in [0.1, 0.15) is 11.5 Å². The van der Waals surface area contributed by atoms with Gasteiger partial charge < -0.3 is 9.32 Å². The minimum Gasteiger partial charge on any atom is -0.467 e. The lowest BCUT2D eigenvalue weighted by Gasteiger charge is -2.23. The lowest BCUT2D eigenvalue weighted by Crippen LogP contribution is -2.32. The van der Waals surface area contributed by atoms with Crippen LogP contribution in [0.4, 0.5) is 0 Å². The third kappa shape index (κ3) is 2.12. The molecule has 0 spiro atoms. The average Bonchev–Trinajstić information content (AvgIpc) is 3.17. The number of likely N-dealkylation sites (tertiary alicyclic amines) is 1. The van der Waals surface area contributed by atoms with Gasteiger partial charge in [0.25, 0.3) is 5.91 Å². The molecule has 6 heteroatoms. The van der Waals surface area contributed by atoms with Gasteiger partial charge in [0, 0.05) is 13.1 Å². The zero-order chi connectivity index (χ0) is 14.1. The van der Waals surface area contributed by atoms with Crippen LogP contribution >= 0.6 is 11.6 Å². The van der Waals surface area contributed by atoms with E-state index < -0.39 is 0 Å². The highest BCUT2D eigenvalue weighted by atomic mass is 35.5. The van der Waals surface area contributed by atoms with Crippen molar-refractivity contribution in [3.8, 4) is 0 Å². The summed E-state index contributed by atoms with van der Waals surface area (Å²) in [5.41, 5.74) is 0.465. The van der Waals surface area contributed by atoms with E-state index in [0.717, 1.165) is 25.1 Å². The fourth-order valence-corrected chi connectivity index (χ4v) is 2.96. The summed E-state index contributed by atoms with van der Waals surface area (Å²) in [5.74, 6) is 0.753. The van der Waals surface area contributed by atoms with Crippen LogP contribution in [0.5, 0.6) is 0 Å². The Hall–Kier alpha value is -1.75. The van der Waals surface area contributed by atoms with Crippen LogP contribution in [0.1, 0.15) is 42.1 Å². The molecule has 1 aliphatic heterocycles. The van der Waals surface area contributed by atoms with E-state index in [4.69, 9.17) is 16.0 Å². The normalized spacial score (nSPS) is 18.7. The Morgan fingerprint density at radius 2 is 2.45 bits per heavy atom. The maximum Gasteiger partial charge on any atom is 0.274 e. The van der Waals surface area contributed by atoms with E-state index in [1.807, 2.05) is 24.0 Å². The minimum atomic E-state index is -0.0757. The summed E-state index contributed by atoms with van der Waals surface area (Å²) in [4.78, 5) is 14.6. The Labute approximate surface area is 122 Å². The lowest BCUT2D eigenvalue weighted by molar-refractivity contribution is 0.0707. The van der Waals surface area contributed by atoms with E-state index in [0.29, 0.717) is 17.3 Å². The fourth-order valence-electron chi connectivity index (χ4n) is 2.74. The van der Waals surface area contributed by atoms with Crippen LogP contribution < -0.4 is 0 Å². The number of carbonyl (C=O) groups excluding carboxylic acids is 1. The predicted octanol–water partition coefficient (Wildman–Crippen LogP) is 3.13. The van der Waals surface area contributed by atoms with Crippen molar-refractivity contribution in [2.24, 2.45) is 0 Å². The molecule has 0 N–H and O–H groups in total. The lowest BCUT2D eigenvalue weighted by atomic mass is 10.1. The SMILES string of the molecule is CCn1ncc(Cl)c1C(=O)N1CCC[C@H]1c1ccco1. The number of aryl methyl sites for hydroxylation is 1. The van der Waals surface area contributed by atoms with Crippen molar-refractivity contribution in [3.05, 3.63) is 41.1 Å². The van der Waals surface area contributed by atoms with E-state index in [-0.39, 0.29) is 11.9 Å². The Bertz CT molecular complexity index is 606. The van der Waals surface area contributed by atoms with Crippen LogP contribution in [0.25, 0.3) is 0 Å². The van der Waals surface area contributed by atoms with E-state index in [1.165, 1.54) is 6.20 Å². The average molecular weight is 294 g/mol. The molecule has 1 aliphatic rings. The number of furan rings is 1. The van der Waals surface area contributed by atoms with E-state index in [9.17, 15) is 4.79 Å². The molecule has 3 heterocycles. The van der Waals surface area contributed by atoms with E-state index in [2.05, 4.69) is 5.10 Å². The number of hydrogen-bond acceptors (Lipinski definition) is 3. The van der Waals surface area contributed by atoms with Crippen molar-refractivity contribution in [2.75, 3.05) is 6.54 Å². The van der Waals surface area contributed by atoms with E-state index >= 15 is 0 Å². The minimum absolute atomic E-state index is 0.00577. The summed E-state index contributed by atoms with van der Waals surface area (Å²) >= 11 is 6.12. The molecule has 0 bridgehead atoms. The third-order valence-corrected chi connectivity index (χ3v) is 3.96. The summed E-state index contributed by atoms with van der Waals surface area (Å²) in [5, 5.41) is 4.53. The summed E-state index contributed by atoms with van der Waals surface area (Å²) in [6.45, 7) is 3.27. The molecule has 1 saturated heterocycles. The first kappa shape index (κ1) is 13.2. The zero-order valence-electron chi connectivity index (χ0n) is 11.3. The molecule has 2 aromatic heterocycles. The number of halogens is 1. The molecule has 1 atom stereocenters. The van der Waals surface area contributed by atoms with Crippen LogP contribution in [-0.2, 0) is 6.54 Å². The van der Waals surface area contributed by atoms with Gasteiger partial charge in [-0.1, -0.05) is 11.6 Å². The molecule has 5 nitrogen and oxygen atoms in total. The maximum absolute atomic E-state index is 12.8. The molecule has 2 aromatic rings. The van der Waals surface area contributed by atoms with Crippen molar-refractivity contribution >= 4 is 17.5 Å². The Morgan fingerprint density at radius 3 is 3.15 bits per heavy atom. The molecule has 0 saturated carbocycles. The van der Waals surface area contributed by atoms with Crippen LogP contribution in [0, 0.1) is 0 Å². The Kier molecular flexibility index (Phi) is 3.53. The molecular formula is C14H16ClN3O2. The quantitative estimate of drug-likeness (QED) is 0.873. The number of hydrogen-bond donors (Lipinski definition) is 0. The second kappa shape index (κ2) is 5.32. The highest BCUT2D eigenvalue weighted by Gasteiger charge is 2.34. The molecule has 3 rings (SSSR count). The summed E-state index contributed by atoms with van der Waals surface area (Å²) < 4.78 is 7.09. The monoisotopic (exact) mass is 293 g/mol. The largest absolute Gasteiger partial charge is 0.467 e. The fraction of sp³-hybridized carbons (Fsp3) is 0.429. The Morgan fingerprint density at radius 1 is 1.60 bits per heavy atom. The predicted molar refractivity (Wildman–Crippen MR) is 74.6 cm³/mol. The summed E-state index contributed by atoms with van der Waals surface area (Å²) in [6, 6.07) is 3.75. The standard InChI is InChI=1S/C14H16ClN3O2/c1-2-18-13(10(15)9-16-18)14(19)17-7-3-5-11(17)12-6-4-8-20-12/h4,6,8-9,11H,2-3,5,7H2,1H3/t11-/m0/s1. The third-order valence-electron chi connectivity index (χ3n) is 3.68. The molecule has 0 unspecified atom stereocenters. The van der Waals surface area contributed by atoms with Gasteiger partial charge in [0.05, 0.1) is 23.5 Å². The van der Waals surface area contributed by atoms with Crippen molar-refractivity contribution in [1.29, 1.82) is 0 Å². The van der Waals surface area contributed by atoms with Gasteiger partial charge in [-0.25, -0.2) is 0 Å². The molecule has 0 radical (unpaired) electrons. The zero-order valence-corrected chi connectivity index (χ0v) is 12.0. The van der Waals surface area contributed by atoms with Crippen LogP contribution in [0.15, 0.2) is 29.0 Å². The van der Waals surface area contributed by atoms with Crippen molar-refractivity contribution < 1.29 is 9.21 Å². The van der Waals surface area contributed by atoms with Crippen molar-refractivity contribution in [3.63, 3.8) is 0 Å². The molecular weight excluding hydrogens is 278 g/mol. The van der Waals surface area contributed by atoms with Crippen molar-refractivity contribution in [2.45, 2.75) is 32.4 Å². The molecule has 1 fully saturated rings. The first-order valence-corrected chi connectivity index (χ1v) is 7.16. The number of carbonyl (C=O) groups is 1. The summed E-state index contributed by atoms with van der Waals surface area (Å²) in [7, 11) is 0. The van der Waals surface area contributed by atoms with Crippen LogP contribution in [0.3, 0.4) is 0 Å². The number of amides is 1. The molecule has 106 valence electrons. The molecule has 0 aromatic carbocycles. The number of aromatic nitrogens is 2. The second-order valence-electron chi connectivity index (χ2n) is 4.83. The van der Waals surface area contributed by atoms with Crippen LogP contribution in [0.2, 0.25) is 5.02 Å². The molecule has 1 amide bonds. The van der Waals surface area contributed by atoms with Gasteiger partial charge in [-0.3, -0.25) is 9.48 Å².